The first-order chi connectivity index (χ1) is 24.7. The Morgan fingerprint density at radius 1 is 0.804 bits per heavy atom. The van der Waals surface area contributed by atoms with E-state index in [1.54, 1.807) is 7.11 Å². The Morgan fingerprint density at radius 2 is 1.51 bits per heavy atom. The van der Waals surface area contributed by atoms with Crippen molar-refractivity contribution in [2.24, 2.45) is 11.8 Å². The molecule has 0 bridgehead atoms. The smallest absolute Gasteiger partial charge is 0.197 e. The van der Waals surface area contributed by atoms with Crippen molar-refractivity contribution in [2.75, 3.05) is 20.3 Å². The van der Waals surface area contributed by atoms with Gasteiger partial charge in [-0.25, -0.2) is 0 Å². The van der Waals surface area contributed by atoms with Crippen molar-refractivity contribution >= 4 is 0 Å². The molecule has 4 heterocycles. The highest BCUT2D eigenvalue weighted by atomic mass is 16.7. The second-order valence-corrected chi connectivity index (χ2v) is 15.5. The molecule has 282 valence electrons. The average Bonchev–Trinajstić information content (AvgIpc) is 3.16. The molecule has 4 aliphatic rings. The molecule has 0 aliphatic carbocycles. The minimum Gasteiger partial charge on any atom is -0.396 e. The van der Waals surface area contributed by atoms with Crippen molar-refractivity contribution in [3.05, 3.63) is 83.9 Å². The van der Waals surface area contributed by atoms with E-state index in [4.69, 9.17) is 33.2 Å². The Bertz CT molecular complexity index is 1360. The largest absolute Gasteiger partial charge is 0.396 e. The summed E-state index contributed by atoms with van der Waals surface area (Å²) in [4.78, 5) is 0. The molecule has 0 spiro atoms. The predicted octanol–water partition coefficient (Wildman–Crippen LogP) is 6.52. The number of benzene rings is 2. The van der Waals surface area contributed by atoms with Crippen molar-refractivity contribution in [3.63, 3.8) is 0 Å². The van der Waals surface area contributed by atoms with Gasteiger partial charge >= 0.3 is 0 Å². The molecule has 0 saturated carbocycles. The first-order valence-electron chi connectivity index (χ1n) is 19.1. The summed E-state index contributed by atoms with van der Waals surface area (Å²) in [5.74, 6) is -0.777. The number of aliphatic hydroxyl groups is 2. The zero-order chi connectivity index (χ0) is 35.8. The summed E-state index contributed by atoms with van der Waals surface area (Å²) < 4.78 is 47.3. The fourth-order valence-corrected chi connectivity index (χ4v) is 8.75. The van der Waals surface area contributed by atoms with Crippen LogP contribution in [0.2, 0.25) is 0 Å². The topological polar surface area (TPSA) is 105 Å². The van der Waals surface area contributed by atoms with Crippen molar-refractivity contribution in [3.8, 4) is 0 Å². The predicted molar refractivity (Wildman–Crippen MR) is 194 cm³/mol. The van der Waals surface area contributed by atoms with Gasteiger partial charge < -0.3 is 43.4 Å². The first kappa shape index (κ1) is 38.5. The van der Waals surface area contributed by atoms with Gasteiger partial charge in [0.15, 0.2) is 5.79 Å². The van der Waals surface area contributed by atoms with E-state index in [2.05, 4.69) is 57.2 Å². The maximum Gasteiger partial charge on any atom is 0.197 e. The summed E-state index contributed by atoms with van der Waals surface area (Å²) in [6.45, 7) is 8.03. The van der Waals surface area contributed by atoms with Gasteiger partial charge in [-0.1, -0.05) is 86.7 Å². The third kappa shape index (κ3) is 9.50. The summed E-state index contributed by atoms with van der Waals surface area (Å²) in [7, 11) is 1.70. The molecule has 2 N–H and O–H groups in total. The Hall–Kier alpha value is -2.18. The maximum absolute atomic E-state index is 11.0. The Kier molecular flexibility index (Phi) is 13.4. The minimum atomic E-state index is -1.07. The van der Waals surface area contributed by atoms with Gasteiger partial charge in [-0.2, -0.15) is 0 Å². The van der Waals surface area contributed by atoms with Crippen molar-refractivity contribution in [1.29, 1.82) is 0 Å². The number of aliphatic hydroxyl groups excluding tert-OH is 2. The van der Waals surface area contributed by atoms with Crippen LogP contribution in [0.5, 0.6) is 0 Å². The van der Waals surface area contributed by atoms with Gasteiger partial charge in [0.25, 0.3) is 0 Å². The van der Waals surface area contributed by atoms with Crippen LogP contribution in [0.3, 0.4) is 0 Å². The number of fused-ring (bicyclic) bond motifs is 3. The lowest BCUT2D eigenvalue weighted by Crippen LogP contribution is -2.65. The molecular formula is C42H60O9. The molecule has 12 atom stereocenters. The zero-order valence-corrected chi connectivity index (χ0v) is 30.9. The summed E-state index contributed by atoms with van der Waals surface area (Å²) >= 11 is 0. The Balaban J connectivity index is 1.24. The van der Waals surface area contributed by atoms with E-state index in [1.807, 2.05) is 36.4 Å². The van der Waals surface area contributed by atoms with Gasteiger partial charge in [0.05, 0.1) is 61.5 Å². The molecule has 2 aromatic carbocycles. The number of methoxy groups -OCH3 is 1. The van der Waals surface area contributed by atoms with Crippen molar-refractivity contribution < 1.29 is 43.4 Å². The van der Waals surface area contributed by atoms with Gasteiger partial charge in [0.2, 0.25) is 0 Å². The van der Waals surface area contributed by atoms with Crippen LogP contribution in [0.25, 0.3) is 0 Å². The quantitative estimate of drug-likeness (QED) is 0.199. The van der Waals surface area contributed by atoms with Crippen LogP contribution in [0, 0.1) is 11.8 Å². The van der Waals surface area contributed by atoms with Gasteiger partial charge in [0.1, 0.15) is 6.10 Å². The summed E-state index contributed by atoms with van der Waals surface area (Å²) in [5.41, 5.74) is 1.65. The lowest BCUT2D eigenvalue weighted by molar-refractivity contribution is -0.372. The molecule has 9 nitrogen and oxygen atoms in total. The van der Waals surface area contributed by atoms with E-state index in [1.165, 1.54) is 0 Å². The van der Waals surface area contributed by atoms with Gasteiger partial charge in [0, 0.05) is 26.7 Å². The van der Waals surface area contributed by atoms with Crippen LogP contribution in [-0.4, -0.2) is 90.8 Å². The third-order valence-electron chi connectivity index (χ3n) is 11.5. The molecule has 0 radical (unpaired) electrons. The van der Waals surface area contributed by atoms with Crippen LogP contribution < -0.4 is 0 Å². The van der Waals surface area contributed by atoms with E-state index in [0.717, 1.165) is 17.5 Å². The first-order valence-corrected chi connectivity index (χ1v) is 19.1. The highest BCUT2D eigenvalue weighted by molar-refractivity contribution is 5.14. The van der Waals surface area contributed by atoms with E-state index >= 15 is 0 Å². The van der Waals surface area contributed by atoms with Crippen molar-refractivity contribution in [2.45, 2.75) is 146 Å². The SMILES string of the molecule is CO[C@@]12C[C@@H]3O[C@H](CCO)[C@@H](O)C[C@@H](C)C[C@@]3(C)O[C@H]1C[C@H](C)[C@H]1O[C@@H](CCOCc3ccccc3)[C@H](OCc3ccccc3)C/C=C\C[C@@H]1O2. The molecule has 0 amide bonds. The van der Waals surface area contributed by atoms with E-state index < -0.39 is 29.7 Å². The van der Waals surface area contributed by atoms with Crippen LogP contribution in [0.4, 0.5) is 0 Å². The summed E-state index contributed by atoms with van der Waals surface area (Å²) in [6.07, 6.45) is 6.39. The molecule has 4 aliphatic heterocycles. The minimum absolute atomic E-state index is 0.0611. The monoisotopic (exact) mass is 708 g/mol. The molecule has 6 rings (SSSR count). The van der Waals surface area contributed by atoms with Crippen LogP contribution in [0.1, 0.15) is 83.3 Å². The van der Waals surface area contributed by atoms with Crippen LogP contribution >= 0.6 is 0 Å². The maximum atomic E-state index is 11.0. The van der Waals surface area contributed by atoms with Crippen molar-refractivity contribution in [1.82, 2.24) is 0 Å². The fraction of sp³-hybridized carbons (Fsp3) is 0.667. The highest BCUT2D eigenvalue weighted by Crippen LogP contribution is 2.50. The van der Waals surface area contributed by atoms with E-state index in [-0.39, 0.29) is 49.0 Å². The number of hydrogen-bond acceptors (Lipinski definition) is 9. The Labute approximate surface area is 304 Å². The summed E-state index contributed by atoms with van der Waals surface area (Å²) in [6, 6.07) is 20.5. The average molecular weight is 709 g/mol. The van der Waals surface area contributed by atoms with Gasteiger partial charge in [-0.15, -0.1) is 0 Å². The molecule has 3 fully saturated rings. The van der Waals surface area contributed by atoms with Gasteiger partial charge in [-0.05, 0) is 74.8 Å². The highest BCUT2D eigenvalue weighted by Gasteiger charge is 2.60. The molecule has 9 heteroatoms. The molecule has 51 heavy (non-hydrogen) atoms. The number of rotatable bonds is 11. The second kappa shape index (κ2) is 17.8. The van der Waals surface area contributed by atoms with E-state index in [9.17, 15) is 10.2 Å². The molecular weight excluding hydrogens is 648 g/mol. The zero-order valence-electron chi connectivity index (χ0n) is 30.9. The summed E-state index contributed by atoms with van der Waals surface area (Å²) in [5, 5.41) is 20.8. The molecule has 0 aromatic heterocycles. The molecule has 0 unspecified atom stereocenters. The second-order valence-electron chi connectivity index (χ2n) is 15.5. The third-order valence-corrected chi connectivity index (χ3v) is 11.5. The Morgan fingerprint density at radius 3 is 2.22 bits per heavy atom. The van der Waals surface area contributed by atoms with Crippen LogP contribution in [-0.2, 0) is 46.4 Å². The molecule has 3 saturated heterocycles. The van der Waals surface area contributed by atoms with Crippen LogP contribution in [0.15, 0.2) is 72.8 Å². The fourth-order valence-electron chi connectivity index (χ4n) is 8.75. The number of ether oxygens (including phenoxy) is 7. The van der Waals surface area contributed by atoms with Gasteiger partial charge in [-0.3, -0.25) is 0 Å². The molecule has 2 aromatic rings. The normalized spacial score (nSPS) is 39.4. The van der Waals surface area contributed by atoms with E-state index in [0.29, 0.717) is 64.8 Å². The lowest BCUT2D eigenvalue weighted by atomic mass is 9.76. The standard InChI is InChI=1S/C42H60O9/c1-29-23-33(44)34(19-21-43)48-39-26-42(45-4)38(51-41(39,3)25-29)24-30(2)40-37(50-42)18-12-11-17-35(47-28-32-15-9-6-10-16-32)36(49-40)20-22-46-27-31-13-7-5-8-14-31/h5-16,29-30,33-40,43-44H,17-28H2,1-4H3/b12-11-/t29-,30+,33+,34-,35-,36+,37+,38+,39+,40-,41-,42-/m1/s1. The lowest BCUT2D eigenvalue weighted by Gasteiger charge is -2.55. The number of hydrogen-bond donors (Lipinski definition) is 2.